The Hall–Kier alpha value is -9.96. The lowest BCUT2D eigenvalue weighted by atomic mass is 9.76. The zero-order valence-electron chi connectivity index (χ0n) is 84.2. The molecule has 4 aromatic heterocycles. The van der Waals surface area contributed by atoms with Crippen LogP contribution in [0.15, 0.2) is 97.1 Å². The van der Waals surface area contributed by atoms with Gasteiger partial charge in [0.1, 0.15) is 69.3 Å². The Balaban J connectivity index is 0.975. The number of unbranched alkanes of at least 4 members (excludes halogenated alkanes) is 40. The summed E-state index contributed by atoms with van der Waals surface area (Å²) in [6.07, 6.45) is 62.9. The largest absolute Gasteiger partial charge is 0.453 e. The molecule has 0 spiro atoms. The van der Waals surface area contributed by atoms with Gasteiger partial charge in [-0.05, 0) is 75.6 Å². The predicted molar refractivity (Wildman–Crippen MR) is 558 cm³/mol. The maximum Gasteiger partial charge on any atom is 0.172 e. The van der Waals surface area contributed by atoms with Crippen molar-refractivity contribution in [1.82, 2.24) is 39.9 Å². The third-order valence-corrected chi connectivity index (χ3v) is 30.2. The monoisotopic (exact) mass is 1840 g/mol. The maximum atomic E-state index is 8.03. The van der Waals surface area contributed by atoms with Gasteiger partial charge in [0.05, 0.1) is 44.1 Å². The van der Waals surface area contributed by atoms with Gasteiger partial charge in [0.15, 0.2) is 46.0 Å². The third-order valence-electron chi connectivity index (χ3n) is 30.2. The molecule has 0 saturated carbocycles. The maximum absolute atomic E-state index is 8.03. The van der Waals surface area contributed by atoms with Crippen LogP contribution in [0.4, 0.5) is 0 Å². The fourth-order valence-corrected chi connectivity index (χ4v) is 22.3. The molecule has 16 nitrogen and oxygen atoms in total. The molecule has 728 valence electrons. The number of imidazole rings is 4. The molecule has 0 fully saturated rings. The van der Waals surface area contributed by atoms with Crippen LogP contribution >= 0.6 is 0 Å². The van der Waals surface area contributed by atoms with E-state index in [1.165, 1.54) is 154 Å². The first-order valence-corrected chi connectivity index (χ1v) is 55.3. The number of hydrogen-bond donors (Lipinski definition) is 4. The zero-order chi connectivity index (χ0) is 93.3. The van der Waals surface area contributed by atoms with Crippen LogP contribution in [0.1, 0.15) is 481 Å². The Labute approximate surface area is 812 Å². The van der Waals surface area contributed by atoms with Crippen LogP contribution in [0, 0.1) is 0 Å². The first-order chi connectivity index (χ1) is 67.1. The van der Waals surface area contributed by atoms with E-state index in [-0.39, 0.29) is 23.7 Å². The molecule has 16 heteroatoms. The molecule has 0 radical (unpaired) electrons. The van der Waals surface area contributed by atoms with Gasteiger partial charge >= 0.3 is 0 Å². The van der Waals surface area contributed by atoms with Gasteiger partial charge in [0.25, 0.3) is 0 Å². The summed E-state index contributed by atoms with van der Waals surface area (Å²) in [5, 5.41) is 0. The van der Waals surface area contributed by atoms with Gasteiger partial charge in [-0.1, -0.05) is 338 Å². The Morgan fingerprint density at radius 3 is 0.500 bits per heavy atom. The van der Waals surface area contributed by atoms with Crippen molar-refractivity contribution in [3.63, 3.8) is 0 Å². The molecule has 5 aliphatic rings. The lowest BCUT2D eigenvalue weighted by Crippen LogP contribution is -2.13. The van der Waals surface area contributed by atoms with E-state index in [9.17, 15) is 0 Å². The Kier molecular flexibility index (Phi) is 35.2. The summed E-state index contributed by atoms with van der Waals surface area (Å²) in [7, 11) is 0. The summed E-state index contributed by atoms with van der Waals surface area (Å²) in [4.78, 5) is 36.8. The summed E-state index contributed by atoms with van der Waals surface area (Å²) < 4.78 is 64.2. The molecule has 1 aliphatic carbocycles. The lowest BCUT2D eigenvalue weighted by molar-refractivity contribution is 0.401. The van der Waals surface area contributed by atoms with E-state index in [1.54, 1.807) is 0 Å². The number of benzene rings is 8. The van der Waals surface area contributed by atoms with Gasteiger partial charge in [-0.25, -0.2) is 19.9 Å². The molecule has 4 atom stereocenters. The molecule has 0 amide bonds. The molecular weight excluding hydrogens is 1680 g/mol. The van der Waals surface area contributed by atoms with Gasteiger partial charge < -0.3 is 57.8 Å². The highest BCUT2D eigenvalue weighted by molar-refractivity contribution is 5.85. The van der Waals surface area contributed by atoms with Crippen molar-refractivity contribution in [2.45, 2.75) is 439 Å². The van der Waals surface area contributed by atoms with E-state index in [0.717, 1.165) is 358 Å². The molecule has 4 N–H and O–H groups in total. The second-order valence-electron chi connectivity index (χ2n) is 41.0. The third kappa shape index (κ3) is 24.3. The van der Waals surface area contributed by atoms with E-state index in [2.05, 4.69) is 172 Å². The number of rotatable bonds is 56. The fraction of sp³-hybridized carbons (Fsp3) is 0.567. The number of aromatic amines is 4. The zero-order valence-corrected chi connectivity index (χ0v) is 84.2. The average molecular weight is 1840 g/mol. The highest BCUT2D eigenvalue weighted by atomic mass is 16.5. The minimum Gasteiger partial charge on any atom is -0.453 e. The minimum atomic E-state index is -0.281. The van der Waals surface area contributed by atoms with Gasteiger partial charge in [0, 0.05) is 167 Å². The van der Waals surface area contributed by atoms with E-state index < -0.39 is 0 Å². The van der Waals surface area contributed by atoms with E-state index in [4.69, 9.17) is 57.8 Å². The van der Waals surface area contributed by atoms with Gasteiger partial charge in [-0.2, -0.15) is 0 Å². The van der Waals surface area contributed by atoms with Crippen molar-refractivity contribution in [3.8, 4) is 92.0 Å². The van der Waals surface area contributed by atoms with Crippen LogP contribution < -0.4 is 37.9 Å². The Bertz CT molecular complexity index is 4910. The first kappa shape index (κ1) is 97.7. The van der Waals surface area contributed by atoms with Gasteiger partial charge in [-0.15, -0.1) is 0 Å². The smallest absolute Gasteiger partial charge is 0.172 e. The molecule has 136 heavy (non-hydrogen) atoms. The van der Waals surface area contributed by atoms with Crippen molar-refractivity contribution in [2.24, 2.45) is 0 Å². The fourth-order valence-electron chi connectivity index (χ4n) is 22.3. The molecule has 12 aromatic rings. The van der Waals surface area contributed by atoms with Crippen molar-refractivity contribution < 1.29 is 37.9 Å². The number of aromatic nitrogens is 8. The first-order valence-electron chi connectivity index (χ1n) is 55.3. The average Bonchev–Trinajstić information content (AvgIpc) is 1.40. The van der Waals surface area contributed by atoms with Crippen molar-refractivity contribution in [1.29, 1.82) is 0 Å². The van der Waals surface area contributed by atoms with Gasteiger partial charge in [0.2, 0.25) is 0 Å². The topological polar surface area (TPSA) is 189 Å². The van der Waals surface area contributed by atoms with E-state index in [0.29, 0.717) is 51.7 Å². The molecule has 4 aliphatic heterocycles. The second-order valence-corrected chi connectivity index (χ2v) is 41.0. The molecule has 17 rings (SSSR count). The number of H-pyrrole nitrogens is 4. The van der Waals surface area contributed by atoms with Crippen LogP contribution in [0.2, 0.25) is 0 Å². The van der Waals surface area contributed by atoms with Crippen molar-refractivity contribution >= 4 is 44.1 Å². The summed E-state index contributed by atoms with van der Waals surface area (Å²) in [5.41, 5.74) is 15.6. The number of nitrogens with one attached hydrogen (secondary N) is 4. The standard InChI is InChI=1S/C120H160N8O8/c1-9-17-25-29-33-37-41-45-53-57-81-85-65-87-82(58-54-46-42-38-34-30-26-18-10-2)89-67-91-84(60-56-48-44-40-36-32-28-20-12-4)92-68-90-83(59-55-47-43-39-35-31-27-19-11-3)88-66-86(81)102-78-104(88)132-112-72-96-98(126-119(124-96)63-51-23-15-7)74-114(112)134-106(90)80-108(92)136-116-76-100-99(127-120(128-100)64-52-24-16-8)75-115(116)135-107(91)79-105(89)133-113-73-97-95(123-118(125-97)62-50-22-14-6)71-111(113)131-103(87)77-101(85)129-109-69-93-94(70-110(109)130-102)122-117(121-93)61-49-21-13-5/h65-84H,9-64H2,1-8H3,(H,121,122)(H,123,125)(H,124,126)(H,127,128). The van der Waals surface area contributed by atoms with Crippen molar-refractivity contribution in [2.75, 3.05) is 0 Å². The summed E-state index contributed by atoms with van der Waals surface area (Å²) in [6.45, 7) is 18.3. The summed E-state index contributed by atoms with van der Waals surface area (Å²) >= 11 is 0. The molecule has 0 saturated heterocycles. The van der Waals surface area contributed by atoms with Crippen LogP contribution in [0.3, 0.4) is 0 Å². The van der Waals surface area contributed by atoms with Gasteiger partial charge in [-0.3, -0.25) is 0 Å². The highest BCUT2D eigenvalue weighted by Gasteiger charge is 2.40. The lowest BCUT2D eigenvalue weighted by Gasteiger charge is -2.30. The number of aryl methyl sites for hydroxylation is 4. The number of fused-ring (bicyclic) bond motifs is 8. The molecule has 4 unspecified atom stereocenters. The highest BCUT2D eigenvalue weighted by Crippen LogP contribution is 2.61. The summed E-state index contributed by atoms with van der Waals surface area (Å²) in [6, 6.07) is 36.5. The van der Waals surface area contributed by atoms with Crippen LogP contribution in [0.5, 0.6) is 92.0 Å². The predicted octanol–water partition coefficient (Wildman–Crippen LogP) is 38.2. The van der Waals surface area contributed by atoms with Crippen molar-refractivity contribution in [3.05, 3.63) is 165 Å². The normalized spacial score (nSPS) is 15.4. The van der Waals surface area contributed by atoms with E-state index in [1.807, 2.05) is 0 Å². The Morgan fingerprint density at radius 2 is 0.324 bits per heavy atom. The summed E-state index contributed by atoms with van der Waals surface area (Å²) in [5.74, 6) is 13.0. The van der Waals surface area contributed by atoms with Crippen LogP contribution in [0.25, 0.3) is 44.1 Å². The SMILES string of the molecule is CCCCCCCCCCCC1c2cc3c4cc2Oc2cc5nc(CCCCC)[nH]c5cc2Oc2cc5c(cc21)C(CCCCCCCCCCC)c1cc2c(cc1Oc1cc6[nH]c(CCCCC)nc6cc1O5)Oc1cc5nc(CCCCC)[nH]c5cc1Oc1cc(c(cc1C2CCCCCCCCCCC)C3CCCCCCCCCCC)Oc1cc2[nH]c(CCCCC)nc2cc1O4. The second kappa shape index (κ2) is 49.1. The van der Waals surface area contributed by atoms with Crippen LogP contribution in [-0.4, -0.2) is 39.9 Å². The molecular formula is C120H160N8O8. The quantitative estimate of drug-likeness (QED) is 0.0265. The Morgan fingerprint density at radius 1 is 0.169 bits per heavy atom. The number of nitrogens with zero attached hydrogens (tertiary/aromatic N) is 4. The van der Waals surface area contributed by atoms with E-state index >= 15 is 0 Å². The number of ether oxygens (including phenoxy) is 8. The molecule has 8 aromatic carbocycles. The minimum absolute atomic E-state index is 0.279. The number of hydrogen-bond acceptors (Lipinski definition) is 12. The van der Waals surface area contributed by atoms with Crippen LogP contribution in [-0.2, 0) is 25.7 Å². The molecule has 8 heterocycles. The molecule has 8 bridgehead atoms.